The van der Waals surface area contributed by atoms with Gasteiger partial charge < -0.3 is 19.7 Å². The number of hydroxylamine groups is 2. The number of nitrogens with zero attached hydrogens (tertiary/aromatic N) is 3. The highest BCUT2D eigenvalue weighted by atomic mass is 35.5. The van der Waals surface area contributed by atoms with E-state index in [9.17, 15) is 19.9 Å². The van der Waals surface area contributed by atoms with Gasteiger partial charge in [-0.3, -0.25) is 4.79 Å². The van der Waals surface area contributed by atoms with Crippen LogP contribution in [0.2, 0.25) is 10.0 Å². The number of nitrogens with one attached hydrogen (secondary N) is 1. The summed E-state index contributed by atoms with van der Waals surface area (Å²) >= 11 is 24.4. The summed E-state index contributed by atoms with van der Waals surface area (Å²) in [5.41, 5.74) is 4.92. The van der Waals surface area contributed by atoms with E-state index in [-0.39, 0.29) is 13.1 Å². The topological polar surface area (TPSA) is 119 Å². The monoisotopic (exact) mass is 636 g/mol. The number of halogens is 4. The summed E-state index contributed by atoms with van der Waals surface area (Å²) in [5.74, 6) is -0.293. The van der Waals surface area contributed by atoms with Crippen LogP contribution in [0.5, 0.6) is 0 Å². The summed E-state index contributed by atoms with van der Waals surface area (Å²) in [7, 11) is 0. The number of anilines is 1. The molecule has 0 aliphatic carbocycles. The molecule has 13 heteroatoms. The molecule has 0 spiro atoms. The molecule has 2 atom stereocenters. The van der Waals surface area contributed by atoms with Crippen LogP contribution < -0.4 is 10.3 Å². The summed E-state index contributed by atoms with van der Waals surface area (Å²) in [4.78, 5) is 24.8. The molecule has 1 aromatic heterocycles. The Morgan fingerprint density at radius 3 is 2.32 bits per heavy atom. The zero-order chi connectivity index (χ0) is 29.7. The molecule has 0 aliphatic rings. The Bertz CT molecular complexity index is 1510. The Kier molecular flexibility index (Phi) is 9.93. The largest absolute Gasteiger partial charge is 0.601 e. The Hall–Kier alpha value is -3.15. The molecule has 4 rings (SSSR count). The number of amides is 2. The van der Waals surface area contributed by atoms with E-state index in [1.165, 1.54) is 11.8 Å². The van der Waals surface area contributed by atoms with Crippen LogP contribution in [0.1, 0.15) is 18.5 Å². The van der Waals surface area contributed by atoms with E-state index < -0.39 is 27.6 Å². The van der Waals surface area contributed by atoms with Crippen LogP contribution in [-0.2, 0) is 4.79 Å². The molecule has 2 N–H and O–H groups in total. The number of carbonyl (C=O) groups excluding carboxylic acids is 1. The lowest BCUT2D eigenvalue weighted by Gasteiger charge is -2.41. The molecule has 4 aromatic rings. The minimum Gasteiger partial charge on any atom is -0.601 e. The first-order chi connectivity index (χ1) is 19.5. The van der Waals surface area contributed by atoms with Gasteiger partial charge in [-0.1, -0.05) is 100 Å². The van der Waals surface area contributed by atoms with Gasteiger partial charge in [-0.2, -0.15) is 15.0 Å². The zero-order valence-electron chi connectivity index (χ0n) is 21.5. The van der Waals surface area contributed by atoms with Crippen LogP contribution >= 0.6 is 46.4 Å². The Morgan fingerprint density at radius 2 is 1.68 bits per heavy atom. The Morgan fingerprint density at radius 1 is 1.02 bits per heavy atom. The SMILES string of the molecule is CC(c1ccccc1)[N+]([O-])(NCCN(C(=O)C(Cl)Cl)c1cccc(-c2cc(-c3c(Cl)cccc3Cl)no2)c1)C(=O)O. The maximum Gasteiger partial charge on any atom is 0.534 e. The van der Waals surface area contributed by atoms with E-state index in [1.807, 2.05) is 0 Å². The molecule has 0 aliphatic heterocycles. The van der Waals surface area contributed by atoms with Crippen LogP contribution in [0.25, 0.3) is 22.6 Å². The second-order valence-electron chi connectivity index (χ2n) is 8.95. The minimum atomic E-state index is -1.76. The lowest BCUT2D eigenvalue weighted by atomic mass is 10.1. The maximum atomic E-state index is 13.4. The molecule has 0 fully saturated rings. The first-order valence-electron chi connectivity index (χ1n) is 12.3. The normalized spacial score (nSPS) is 13.5. The molecule has 0 bridgehead atoms. The molecular formula is C28H24Cl4N4O5. The van der Waals surface area contributed by atoms with E-state index in [0.717, 1.165) is 0 Å². The van der Waals surface area contributed by atoms with Crippen molar-refractivity contribution >= 4 is 64.1 Å². The molecule has 0 saturated heterocycles. The number of rotatable bonds is 10. The number of aromatic nitrogens is 1. The Labute approximate surface area is 255 Å². The third kappa shape index (κ3) is 6.85. The van der Waals surface area contributed by atoms with Crippen molar-refractivity contribution in [2.75, 3.05) is 18.0 Å². The van der Waals surface area contributed by atoms with Gasteiger partial charge in [0.05, 0.1) is 16.6 Å². The van der Waals surface area contributed by atoms with Gasteiger partial charge in [0.2, 0.25) is 0 Å². The second kappa shape index (κ2) is 13.2. The number of alkyl halides is 2. The molecule has 1 heterocycles. The van der Waals surface area contributed by atoms with Gasteiger partial charge in [-0.05, 0) is 31.2 Å². The predicted octanol–water partition coefficient (Wildman–Crippen LogP) is 7.71. The molecule has 0 saturated carbocycles. The average Bonchev–Trinajstić information content (AvgIpc) is 3.44. The van der Waals surface area contributed by atoms with E-state index in [0.29, 0.717) is 43.9 Å². The van der Waals surface area contributed by atoms with Crippen molar-refractivity contribution in [1.82, 2.24) is 10.6 Å². The summed E-state index contributed by atoms with van der Waals surface area (Å²) in [6.07, 6.45) is -1.63. The van der Waals surface area contributed by atoms with Gasteiger partial charge in [0, 0.05) is 35.0 Å². The standard InChI is InChI=1S/C28H24Cl4N4O5/c1-17(18-7-3-2-4-8-18)36(40,28(38)39)33-13-14-35(27(37)26(31)32)20-10-5-9-19(15-20)24-16-23(34-41-24)25-21(29)11-6-12-22(25)30/h2-12,15-17,26,33H,13-14H2,1H3,(H,38,39). The number of carbonyl (C=O) groups is 2. The highest BCUT2D eigenvalue weighted by molar-refractivity contribution is 6.54. The smallest absolute Gasteiger partial charge is 0.534 e. The summed E-state index contributed by atoms with van der Waals surface area (Å²) in [6.45, 7) is 1.19. The van der Waals surface area contributed by atoms with Crippen molar-refractivity contribution < 1.29 is 24.0 Å². The first kappa shape index (κ1) is 30.8. The molecule has 2 unspecified atom stereocenters. The summed E-state index contributed by atoms with van der Waals surface area (Å²) < 4.78 is 3.77. The highest BCUT2D eigenvalue weighted by Gasteiger charge is 2.36. The third-order valence-electron chi connectivity index (χ3n) is 6.42. The summed E-state index contributed by atoms with van der Waals surface area (Å²) in [6, 6.07) is 21.0. The minimum absolute atomic E-state index is 0.119. The fourth-order valence-corrected chi connectivity index (χ4v) is 5.05. The number of quaternary nitrogens is 1. The number of carboxylic acid groups (broad SMARTS) is 1. The lowest BCUT2D eigenvalue weighted by Crippen LogP contribution is -2.59. The molecule has 3 aromatic carbocycles. The highest BCUT2D eigenvalue weighted by Crippen LogP contribution is 2.36. The van der Waals surface area contributed by atoms with Crippen LogP contribution in [0.4, 0.5) is 10.5 Å². The van der Waals surface area contributed by atoms with Crippen molar-refractivity contribution in [2.24, 2.45) is 0 Å². The second-order valence-corrected chi connectivity index (χ2v) is 10.9. The van der Waals surface area contributed by atoms with Crippen molar-refractivity contribution in [2.45, 2.75) is 17.8 Å². The fourth-order valence-electron chi connectivity index (χ4n) is 4.22. The quantitative estimate of drug-likeness (QED) is 0.104. The van der Waals surface area contributed by atoms with Gasteiger partial charge in [0.15, 0.2) is 10.6 Å². The Balaban J connectivity index is 1.58. The molecule has 214 valence electrons. The van der Waals surface area contributed by atoms with E-state index >= 15 is 0 Å². The molecule has 9 nitrogen and oxygen atoms in total. The predicted molar refractivity (Wildman–Crippen MR) is 160 cm³/mol. The van der Waals surface area contributed by atoms with Crippen molar-refractivity contribution in [3.63, 3.8) is 0 Å². The molecule has 2 amide bonds. The van der Waals surface area contributed by atoms with Crippen LogP contribution in [-0.4, -0.2) is 44.9 Å². The molecule has 41 heavy (non-hydrogen) atoms. The number of hydrogen-bond donors (Lipinski definition) is 2. The lowest BCUT2D eigenvalue weighted by molar-refractivity contribution is -0.882. The fraction of sp³-hybridized carbons (Fsp3) is 0.179. The van der Waals surface area contributed by atoms with Crippen molar-refractivity contribution in [1.29, 1.82) is 0 Å². The van der Waals surface area contributed by atoms with E-state index in [2.05, 4.69) is 10.6 Å². The van der Waals surface area contributed by atoms with Crippen LogP contribution in [0.3, 0.4) is 0 Å². The first-order valence-corrected chi connectivity index (χ1v) is 13.9. The average molecular weight is 638 g/mol. The van der Waals surface area contributed by atoms with E-state index in [1.54, 1.807) is 78.9 Å². The van der Waals surface area contributed by atoms with Gasteiger partial charge in [-0.25, -0.2) is 0 Å². The molecule has 0 radical (unpaired) electrons. The van der Waals surface area contributed by atoms with Crippen molar-refractivity contribution in [3.8, 4) is 22.6 Å². The van der Waals surface area contributed by atoms with Gasteiger partial charge in [0.25, 0.3) is 5.91 Å². The van der Waals surface area contributed by atoms with E-state index in [4.69, 9.17) is 50.9 Å². The number of benzene rings is 3. The zero-order valence-corrected chi connectivity index (χ0v) is 24.5. The third-order valence-corrected chi connectivity index (χ3v) is 7.42. The number of hydrogen-bond acceptors (Lipinski definition) is 6. The summed E-state index contributed by atoms with van der Waals surface area (Å²) in [5, 5.41) is 28.0. The van der Waals surface area contributed by atoms with Gasteiger partial charge >= 0.3 is 6.09 Å². The van der Waals surface area contributed by atoms with Gasteiger partial charge in [0.1, 0.15) is 11.7 Å². The molecular weight excluding hydrogens is 614 g/mol. The van der Waals surface area contributed by atoms with Crippen LogP contribution in [0.15, 0.2) is 83.4 Å². The van der Waals surface area contributed by atoms with Crippen molar-refractivity contribution in [3.05, 3.63) is 99.7 Å². The maximum absolute atomic E-state index is 13.4. The van der Waals surface area contributed by atoms with Crippen LogP contribution in [0, 0.1) is 5.21 Å². The van der Waals surface area contributed by atoms with Gasteiger partial charge in [-0.15, -0.1) is 0 Å².